The summed E-state index contributed by atoms with van der Waals surface area (Å²) in [5.74, 6) is 0. The molecular formula is C24H42O3S. The third kappa shape index (κ3) is 13.3. The average Bonchev–Trinajstić information content (AvgIpc) is 2.67. The van der Waals surface area contributed by atoms with Crippen molar-refractivity contribution in [3.05, 3.63) is 29.8 Å². The van der Waals surface area contributed by atoms with E-state index in [2.05, 4.69) is 6.92 Å². The van der Waals surface area contributed by atoms with Crippen molar-refractivity contribution < 1.29 is 13.0 Å². The molecule has 1 aromatic carbocycles. The van der Waals surface area contributed by atoms with Crippen LogP contribution in [-0.4, -0.2) is 13.0 Å². The van der Waals surface area contributed by atoms with Gasteiger partial charge in [-0.15, -0.1) is 0 Å². The molecule has 0 spiro atoms. The summed E-state index contributed by atoms with van der Waals surface area (Å²) in [5, 5.41) is 0. The van der Waals surface area contributed by atoms with Gasteiger partial charge >= 0.3 is 0 Å². The Morgan fingerprint density at radius 2 is 0.964 bits per heavy atom. The summed E-state index contributed by atoms with van der Waals surface area (Å²) in [6.07, 6.45) is 22.9. The molecule has 0 unspecified atom stereocenters. The fourth-order valence-electron chi connectivity index (χ4n) is 3.71. The van der Waals surface area contributed by atoms with E-state index in [0.29, 0.717) is 0 Å². The molecule has 0 bridgehead atoms. The fraction of sp³-hybridized carbons (Fsp3) is 0.750. The van der Waals surface area contributed by atoms with Gasteiger partial charge < -0.3 is 0 Å². The number of aryl methyl sites for hydroxylation is 1. The van der Waals surface area contributed by atoms with Gasteiger partial charge in [0.1, 0.15) is 0 Å². The second kappa shape index (κ2) is 16.0. The van der Waals surface area contributed by atoms with Crippen LogP contribution in [0.1, 0.15) is 115 Å². The van der Waals surface area contributed by atoms with Crippen LogP contribution in [0.15, 0.2) is 29.2 Å². The highest BCUT2D eigenvalue weighted by atomic mass is 32.2. The lowest BCUT2D eigenvalue weighted by molar-refractivity contribution is 0.483. The van der Waals surface area contributed by atoms with E-state index in [1.54, 1.807) is 12.1 Å². The molecule has 1 aromatic rings. The lowest BCUT2D eigenvalue weighted by Crippen LogP contribution is -1.98. The summed E-state index contributed by atoms with van der Waals surface area (Å²) < 4.78 is 31.0. The Balaban J connectivity index is 1.85. The van der Waals surface area contributed by atoms with E-state index in [1.165, 1.54) is 108 Å². The lowest BCUT2D eigenvalue weighted by atomic mass is 10.0. The van der Waals surface area contributed by atoms with Crippen LogP contribution in [0.5, 0.6) is 0 Å². The molecule has 0 atom stereocenters. The van der Waals surface area contributed by atoms with Gasteiger partial charge in [-0.05, 0) is 30.5 Å². The molecule has 0 saturated heterocycles. The lowest BCUT2D eigenvalue weighted by Gasteiger charge is -2.04. The largest absolute Gasteiger partial charge is 0.294 e. The van der Waals surface area contributed by atoms with Gasteiger partial charge in [0.25, 0.3) is 10.1 Å². The van der Waals surface area contributed by atoms with E-state index in [-0.39, 0.29) is 4.90 Å². The highest BCUT2D eigenvalue weighted by Crippen LogP contribution is 2.15. The van der Waals surface area contributed by atoms with E-state index in [1.807, 2.05) is 0 Å². The zero-order valence-electron chi connectivity index (χ0n) is 18.0. The number of unbranched alkanes of at least 4 members (excludes halogenated alkanes) is 15. The Kier molecular flexibility index (Phi) is 14.4. The van der Waals surface area contributed by atoms with E-state index in [4.69, 9.17) is 4.55 Å². The van der Waals surface area contributed by atoms with Crippen LogP contribution in [0.25, 0.3) is 0 Å². The summed E-state index contributed by atoms with van der Waals surface area (Å²) in [4.78, 5) is -0.0248. The summed E-state index contributed by atoms with van der Waals surface area (Å²) >= 11 is 0. The van der Waals surface area contributed by atoms with Crippen LogP contribution < -0.4 is 0 Å². The smallest absolute Gasteiger partial charge is 0.282 e. The molecular weight excluding hydrogens is 368 g/mol. The summed E-state index contributed by atoms with van der Waals surface area (Å²) in [6.45, 7) is 2.27. The van der Waals surface area contributed by atoms with Crippen LogP contribution in [0.2, 0.25) is 0 Å². The SMILES string of the molecule is CCCCCCCCCCCCCCCCCCc1ccc(S(=O)(=O)O)cc1. The van der Waals surface area contributed by atoms with Crippen molar-refractivity contribution in [1.29, 1.82) is 0 Å². The minimum absolute atomic E-state index is 0.0248. The first-order chi connectivity index (χ1) is 13.5. The molecule has 0 aliphatic rings. The second-order valence-electron chi connectivity index (χ2n) is 8.17. The Morgan fingerprint density at radius 3 is 1.32 bits per heavy atom. The predicted molar refractivity (Wildman–Crippen MR) is 120 cm³/mol. The van der Waals surface area contributed by atoms with Crippen molar-refractivity contribution in [2.24, 2.45) is 0 Å². The summed E-state index contributed by atoms with van der Waals surface area (Å²) in [6, 6.07) is 6.57. The van der Waals surface area contributed by atoms with Gasteiger partial charge in [0.2, 0.25) is 0 Å². The molecule has 3 nitrogen and oxygen atoms in total. The first-order valence-corrected chi connectivity index (χ1v) is 13.0. The minimum atomic E-state index is -4.07. The molecule has 0 heterocycles. The van der Waals surface area contributed by atoms with E-state index >= 15 is 0 Å². The van der Waals surface area contributed by atoms with Gasteiger partial charge in [-0.3, -0.25) is 4.55 Å². The topological polar surface area (TPSA) is 54.4 Å². The molecule has 0 fully saturated rings. The van der Waals surface area contributed by atoms with Crippen molar-refractivity contribution in [2.75, 3.05) is 0 Å². The summed E-state index contributed by atoms with van der Waals surface area (Å²) in [7, 11) is -4.07. The molecule has 162 valence electrons. The van der Waals surface area contributed by atoms with Crippen LogP contribution >= 0.6 is 0 Å². The van der Waals surface area contributed by atoms with Crippen molar-refractivity contribution in [1.82, 2.24) is 0 Å². The van der Waals surface area contributed by atoms with Gasteiger partial charge in [0, 0.05) is 0 Å². The van der Waals surface area contributed by atoms with Crippen molar-refractivity contribution in [3.63, 3.8) is 0 Å². The molecule has 0 amide bonds. The fourth-order valence-corrected chi connectivity index (χ4v) is 4.19. The zero-order valence-corrected chi connectivity index (χ0v) is 18.8. The molecule has 28 heavy (non-hydrogen) atoms. The standard InChI is InChI=1S/C24H42O3S/c1-2-3-4-5-6-7-8-9-10-11-12-13-14-15-16-17-18-23-19-21-24(22-20-23)28(25,26)27/h19-22H,2-18H2,1H3,(H,25,26,27). The number of hydrogen-bond donors (Lipinski definition) is 1. The maximum atomic E-state index is 11.0. The normalized spacial score (nSPS) is 11.8. The third-order valence-electron chi connectivity index (χ3n) is 5.54. The van der Waals surface area contributed by atoms with Gasteiger partial charge in [-0.1, -0.05) is 115 Å². The molecule has 0 aliphatic carbocycles. The van der Waals surface area contributed by atoms with E-state index in [0.717, 1.165) is 18.4 Å². The highest BCUT2D eigenvalue weighted by molar-refractivity contribution is 7.85. The van der Waals surface area contributed by atoms with Crippen LogP contribution in [0.3, 0.4) is 0 Å². The molecule has 4 heteroatoms. The first-order valence-electron chi connectivity index (χ1n) is 11.6. The second-order valence-corrected chi connectivity index (χ2v) is 9.59. The Bertz CT molecular complexity index is 578. The quantitative estimate of drug-likeness (QED) is 0.199. The predicted octanol–water partition coefficient (Wildman–Crippen LogP) is 7.74. The van der Waals surface area contributed by atoms with Gasteiger partial charge in [-0.25, -0.2) is 0 Å². The van der Waals surface area contributed by atoms with E-state index < -0.39 is 10.1 Å². The van der Waals surface area contributed by atoms with Crippen LogP contribution in [-0.2, 0) is 16.5 Å². The maximum absolute atomic E-state index is 11.0. The van der Waals surface area contributed by atoms with Gasteiger partial charge in [0.15, 0.2) is 0 Å². The van der Waals surface area contributed by atoms with Crippen LogP contribution in [0.4, 0.5) is 0 Å². The van der Waals surface area contributed by atoms with Gasteiger partial charge in [-0.2, -0.15) is 8.42 Å². The molecule has 0 radical (unpaired) electrons. The molecule has 0 saturated carbocycles. The molecule has 0 aliphatic heterocycles. The maximum Gasteiger partial charge on any atom is 0.294 e. The van der Waals surface area contributed by atoms with Crippen molar-refractivity contribution in [3.8, 4) is 0 Å². The van der Waals surface area contributed by atoms with E-state index in [9.17, 15) is 8.42 Å². The number of benzene rings is 1. The summed E-state index contributed by atoms with van der Waals surface area (Å²) in [5.41, 5.74) is 1.14. The van der Waals surface area contributed by atoms with Crippen molar-refractivity contribution >= 4 is 10.1 Å². The van der Waals surface area contributed by atoms with Crippen molar-refractivity contribution in [2.45, 2.75) is 121 Å². The van der Waals surface area contributed by atoms with Gasteiger partial charge in [0.05, 0.1) is 4.90 Å². The average molecular weight is 411 g/mol. The van der Waals surface area contributed by atoms with Crippen LogP contribution in [0, 0.1) is 0 Å². The highest BCUT2D eigenvalue weighted by Gasteiger charge is 2.08. The Hall–Kier alpha value is -0.870. The third-order valence-corrected chi connectivity index (χ3v) is 6.41. The number of rotatable bonds is 18. The minimum Gasteiger partial charge on any atom is -0.282 e. The molecule has 0 aromatic heterocycles. The number of hydrogen-bond acceptors (Lipinski definition) is 2. The monoisotopic (exact) mass is 410 g/mol. The molecule has 1 N–H and O–H groups in total. The Morgan fingerprint density at radius 1 is 0.607 bits per heavy atom. The first kappa shape index (κ1) is 25.2. The molecule has 1 rings (SSSR count). The Labute approximate surface area is 174 Å². The zero-order chi connectivity index (χ0) is 20.5.